The van der Waals surface area contributed by atoms with Crippen LogP contribution in [0.2, 0.25) is 0 Å². The summed E-state index contributed by atoms with van der Waals surface area (Å²) in [6, 6.07) is 0. The number of rotatable bonds is 7. The fourth-order valence-corrected chi connectivity index (χ4v) is 3.73. The Kier molecular flexibility index (Phi) is 5.23. The van der Waals surface area contributed by atoms with Crippen molar-refractivity contribution >= 4 is 0 Å². The van der Waals surface area contributed by atoms with Crippen LogP contribution in [-0.2, 0) is 0 Å². The lowest BCUT2D eigenvalue weighted by molar-refractivity contribution is 0.0685. The predicted molar refractivity (Wildman–Crippen MR) is 78.8 cm³/mol. The minimum absolute atomic E-state index is 0.181. The van der Waals surface area contributed by atoms with Gasteiger partial charge in [0.1, 0.15) is 0 Å². The first-order valence-corrected chi connectivity index (χ1v) is 7.89. The normalized spacial score (nSPS) is 35.1. The lowest BCUT2D eigenvalue weighted by atomic mass is 9.75. The van der Waals surface area contributed by atoms with E-state index in [0.717, 1.165) is 25.7 Å². The summed E-state index contributed by atoms with van der Waals surface area (Å²) >= 11 is 0. The predicted octanol–water partition coefficient (Wildman–Crippen LogP) is 3.59. The summed E-state index contributed by atoms with van der Waals surface area (Å²) in [7, 11) is 0. The third-order valence-corrected chi connectivity index (χ3v) is 4.85. The van der Waals surface area contributed by atoms with Crippen molar-refractivity contribution in [3.8, 4) is 0 Å². The second kappa shape index (κ2) is 6.71. The maximum absolute atomic E-state index is 10.5. The summed E-state index contributed by atoms with van der Waals surface area (Å²) in [5, 5.41) is 20.3. The summed E-state index contributed by atoms with van der Waals surface area (Å²) in [6.45, 7) is 2.22. The molecule has 19 heavy (non-hydrogen) atoms. The summed E-state index contributed by atoms with van der Waals surface area (Å²) < 4.78 is 0. The van der Waals surface area contributed by atoms with Crippen LogP contribution in [0, 0.1) is 11.3 Å². The average Bonchev–Trinajstić information content (AvgIpc) is 2.90. The quantitative estimate of drug-likeness (QED) is 0.545. The van der Waals surface area contributed by atoms with E-state index in [4.69, 9.17) is 0 Å². The van der Waals surface area contributed by atoms with Crippen molar-refractivity contribution in [3.05, 3.63) is 24.3 Å². The highest BCUT2D eigenvalue weighted by atomic mass is 16.3. The Labute approximate surface area is 117 Å². The molecule has 0 bridgehead atoms. The van der Waals surface area contributed by atoms with Gasteiger partial charge in [-0.15, -0.1) is 0 Å². The Balaban J connectivity index is 1.83. The molecule has 2 heteroatoms. The van der Waals surface area contributed by atoms with Crippen molar-refractivity contribution in [2.24, 2.45) is 11.3 Å². The zero-order valence-electron chi connectivity index (χ0n) is 12.1. The third-order valence-electron chi connectivity index (χ3n) is 4.85. The molecule has 0 saturated heterocycles. The van der Waals surface area contributed by atoms with Gasteiger partial charge in [-0.2, -0.15) is 0 Å². The zero-order valence-corrected chi connectivity index (χ0v) is 12.1. The van der Waals surface area contributed by atoms with Crippen molar-refractivity contribution in [1.82, 2.24) is 0 Å². The first kappa shape index (κ1) is 14.8. The van der Waals surface area contributed by atoms with Crippen LogP contribution in [0.1, 0.15) is 58.3 Å². The van der Waals surface area contributed by atoms with E-state index in [1.807, 2.05) is 6.08 Å². The number of hydrogen-bond donors (Lipinski definition) is 2. The summed E-state index contributed by atoms with van der Waals surface area (Å²) in [6.07, 6.45) is 16.4. The number of aliphatic hydroxyl groups excluding tert-OH is 2. The Morgan fingerprint density at radius 3 is 3.00 bits per heavy atom. The van der Waals surface area contributed by atoms with Gasteiger partial charge in [0, 0.05) is 5.41 Å². The third kappa shape index (κ3) is 3.29. The van der Waals surface area contributed by atoms with Crippen molar-refractivity contribution in [2.45, 2.75) is 70.5 Å². The Morgan fingerprint density at radius 2 is 2.21 bits per heavy atom. The highest BCUT2D eigenvalue weighted by Crippen LogP contribution is 2.52. The van der Waals surface area contributed by atoms with Gasteiger partial charge in [-0.1, -0.05) is 50.5 Å². The molecule has 1 fully saturated rings. The Bertz CT molecular complexity index is 334. The van der Waals surface area contributed by atoms with Crippen molar-refractivity contribution in [2.75, 3.05) is 0 Å². The average molecular weight is 264 g/mol. The highest BCUT2D eigenvalue weighted by molar-refractivity contribution is 5.21. The Hall–Kier alpha value is -0.600. The van der Waals surface area contributed by atoms with E-state index in [2.05, 4.69) is 25.2 Å². The van der Waals surface area contributed by atoms with Crippen LogP contribution in [0.15, 0.2) is 24.3 Å². The lowest BCUT2D eigenvalue weighted by Gasteiger charge is -2.31. The second-order valence-electron chi connectivity index (χ2n) is 6.26. The standard InChI is InChI=1S/C17H28O2/c1-2-3-4-5-6-7-10-16(19)17-11-8-9-14(17)12-15(18)13-17/h7-8,10-11,14-16,18-19H,2-6,9,12-13H2,1H3/b10-7+/t14?,15?,16-,17?/m1/s1. The van der Waals surface area contributed by atoms with Crippen LogP contribution >= 0.6 is 0 Å². The van der Waals surface area contributed by atoms with Crippen LogP contribution in [0.3, 0.4) is 0 Å². The van der Waals surface area contributed by atoms with Crippen molar-refractivity contribution in [3.63, 3.8) is 0 Å². The molecular weight excluding hydrogens is 236 g/mol. The smallest absolute Gasteiger partial charge is 0.0815 e. The van der Waals surface area contributed by atoms with Crippen molar-refractivity contribution in [1.29, 1.82) is 0 Å². The zero-order chi connectivity index (χ0) is 13.7. The molecule has 2 aliphatic carbocycles. The fourth-order valence-electron chi connectivity index (χ4n) is 3.73. The van der Waals surface area contributed by atoms with Gasteiger partial charge in [-0.3, -0.25) is 0 Å². The molecular formula is C17H28O2. The number of hydrogen-bond acceptors (Lipinski definition) is 2. The number of allylic oxidation sites excluding steroid dienone is 2. The number of fused-ring (bicyclic) bond motifs is 1. The summed E-state index contributed by atoms with van der Waals surface area (Å²) in [5.41, 5.74) is -0.181. The van der Waals surface area contributed by atoms with Crippen LogP contribution in [0.5, 0.6) is 0 Å². The molecule has 2 N–H and O–H groups in total. The molecule has 3 unspecified atom stereocenters. The molecule has 0 aromatic rings. The molecule has 0 aromatic heterocycles. The van der Waals surface area contributed by atoms with E-state index in [0.29, 0.717) is 5.92 Å². The van der Waals surface area contributed by atoms with Crippen LogP contribution in [0.4, 0.5) is 0 Å². The molecule has 2 aliphatic rings. The van der Waals surface area contributed by atoms with Gasteiger partial charge in [-0.25, -0.2) is 0 Å². The van der Waals surface area contributed by atoms with Gasteiger partial charge in [-0.05, 0) is 38.0 Å². The monoisotopic (exact) mass is 264 g/mol. The van der Waals surface area contributed by atoms with E-state index in [-0.39, 0.29) is 11.5 Å². The van der Waals surface area contributed by atoms with Crippen molar-refractivity contribution < 1.29 is 10.2 Å². The minimum Gasteiger partial charge on any atom is -0.393 e. The molecule has 0 radical (unpaired) electrons. The molecule has 0 aromatic carbocycles. The van der Waals surface area contributed by atoms with E-state index in [9.17, 15) is 10.2 Å². The topological polar surface area (TPSA) is 40.5 Å². The highest BCUT2D eigenvalue weighted by Gasteiger charge is 2.50. The molecule has 2 rings (SSSR count). The largest absolute Gasteiger partial charge is 0.393 e. The maximum Gasteiger partial charge on any atom is 0.0815 e. The van der Waals surface area contributed by atoms with E-state index in [1.165, 1.54) is 25.7 Å². The number of unbranched alkanes of at least 4 members (excludes halogenated alkanes) is 4. The van der Waals surface area contributed by atoms with Gasteiger partial charge in [0.05, 0.1) is 12.2 Å². The molecule has 108 valence electrons. The van der Waals surface area contributed by atoms with Crippen LogP contribution in [-0.4, -0.2) is 22.4 Å². The maximum atomic E-state index is 10.5. The summed E-state index contributed by atoms with van der Waals surface area (Å²) in [5.74, 6) is 0.433. The van der Waals surface area contributed by atoms with Crippen LogP contribution in [0.25, 0.3) is 0 Å². The van der Waals surface area contributed by atoms with Gasteiger partial charge < -0.3 is 10.2 Å². The second-order valence-corrected chi connectivity index (χ2v) is 6.26. The van der Waals surface area contributed by atoms with E-state index < -0.39 is 6.10 Å². The fraction of sp³-hybridized carbons (Fsp3) is 0.765. The van der Waals surface area contributed by atoms with Gasteiger partial charge in [0.15, 0.2) is 0 Å². The van der Waals surface area contributed by atoms with Crippen LogP contribution < -0.4 is 0 Å². The van der Waals surface area contributed by atoms with Gasteiger partial charge in [0.2, 0.25) is 0 Å². The first-order chi connectivity index (χ1) is 9.19. The van der Waals surface area contributed by atoms with E-state index >= 15 is 0 Å². The van der Waals surface area contributed by atoms with E-state index in [1.54, 1.807) is 0 Å². The molecule has 4 atom stereocenters. The number of aliphatic hydroxyl groups is 2. The van der Waals surface area contributed by atoms with Gasteiger partial charge >= 0.3 is 0 Å². The molecule has 0 amide bonds. The minimum atomic E-state index is -0.431. The Morgan fingerprint density at radius 1 is 1.37 bits per heavy atom. The SMILES string of the molecule is CCCCCC/C=C/[C@@H](O)C12C=CCC1CC(O)C2. The molecule has 0 aliphatic heterocycles. The van der Waals surface area contributed by atoms with Gasteiger partial charge in [0.25, 0.3) is 0 Å². The molecule has 1 saturated carbocycles. The molecule has 0 spiro atoms. The molecule has 2 nitrogen and oxygen atoms in total. The first-order valence-electron chi connectivity index (χ1n) is 7.89. The molecule has 0 heterocycles. The lowest BCUT2D eigenvalue weighted by Crippen LogP contribution is -2.33. The summed E-state index contributed by atoms with van der Waals surface area (Å²) in [4.78, 5) is 0.